The van der Waals surface area contributed by atoms with Crippen LogP contribution in [0, 0.1) is 6.92 Å². The molecule has 4 nitrogen and oxygen atoms in total. The van der Waals surface area contributed by atoms with Crippen molar-refractivity contribution in [3.05, 3.63) is 23.3 Å². The standard InChI is InChI=1S/C12H19N3O/c1-5-6-13-12(16)10-7-14-11(8(2)3)15-9(10)4/h7-8H,5-6H2,1-4H3,(H,13,16). The van der Waals surface area contributed by atoms with E-state index in [1.54, 1.807) is 6.20 Å². The van der Waals surface area contributed by atoms with Gasteiger partial charge in [0.05, 0.1) is 11.3 Å². The summed E-state index contributed by atoms with van der Waals surface area (Å²) in [6, 6.07) is 0. The Morgan fingerprint density at radius 3 is 2.69 bits per heavy atom. The van der Waals surface area contributed by atoms with Gasteiger partial charge in [0.25, 0.3) is 5.91 Å². The number of carbonyl (C=O) groups is 1. The van der Waals surface area contributed by atoms with E-state index in [1.165, 1.54) is 0 Å². The fourth-order valence-electron chi connectivity index (χ4n) is 1.32. The molecule has 0 bridgehead atoms. The highest BCUT2D eigenvalue weighted by atomic mass is 16.1. The van der Waals surface area contributed by atoms with E-state index in [1.807, 2.05) is 27.7 Å². The normalized spacial score (nSPS) is 10.6. The smallest absolute Gasteiger partial charge is 0.254 e. The van der Waals surface area contributed by atoms with E-state index >= 15 is 0 Å². The third-order valence-corrected chi connectivity index (χ3v) is 2.29. The lowest BCUT2D eigenvalue weighted by Crippen LogP contribution is -2.25. The van der Waals surface area contributed by atoms with Crippen LogP contribution in [0.25, 0.3) is 0 Å². The van der Waals surface area contributed by atoms with Crippen LogP contribution < -0.4 is 5.32 Å². The summed E-state index contributed by atoms with van der Waals surface area (Å²) in [6.45, 7) is 8.61. The molecule has 0 spiro atoms. The van der Waals surface area contributed by atoms with Crippen LogP contribution in [0.3, 0.4) is 0 Å². The highest BCUT2D eigenvalue weighted by molar-refractivity contribution is 5.94. The molecule has 88 valence electrons. The molecule has 0 atom stereocenters. The van der Waals surface area contributed by atoms with E-state index in [4.69, 9.17) is 0 Å². The Morgan fingerprint density at radius 1 is 1.50 bits per heavy atom. The Hall–Kier alpha value is -1.45. The first-order valence-corrected chi connectivity index (χ1v) is 5.68. The molecule has 0 unspecified atom stereocenters. The van der Waals surface area contributed by atoms with Crippen LogP contribution >= 0.6 is 0 Å². The van der Waals surface area contributed by atoms with Gasteiger partial charge in [-0.3, -0.25) is 4.79 Å². The predicted molar refractivity (Wildman–Crippen MR) is 63.5 cm³/mol. The maximum absolute atomic E-state index is 11.7. The molecule has 1 N–H and O–H groups in total. The molecule has 0 saturated carbocycles. The van der Waals surface area contributed by atoms with E-state index in [2.05, 4.69) is 15.3 Å². The summed E-state index contributed by atoms with van der Waals surface area (Å²) in [4.78, 5) is 20.2. The fourth-order valence-corrected chi connectivity index (χ4v) is 1.32. The molecule has 0 fully saturated rings. The first kappa shape index (κ1) is 12.6. The third-order valence-electron chi connectivity index (χ3n) is 2.29. The van der Waals surface area contributed by atoms with Crippen molar-refractivity contribution in [1.29, 1.82) is 0 Å². The Kier molecular flexibility index (Phi) is 4.40. The molecule has 0 aliphatic rings. The monoisotopic (exact) mass is 221 g/mol. The van der Waals surface area contributed by atoms with Gasteiger partial charge in [0.2, 0.25) is 0 Å². The van der Waals surface area contributed by atoms with Gasteiger partial charge < -0.3 is 5.32 Å². The minimum Gasteiger partial charge on any atom is -0.352 e. The number of hydrogen-bond acceptors (Lipinski definition) is 3. The fraction of sp³-hybridized carbons (Fsp3) is 0.583. The van der Waals surface area contributed by atoms with Crippen LogP contribution in [-0.4, -0.2) is 22.4 Å². The number of amides is 1. The van der Waals surface area contributed by atoms with Gasteiger partial charge in [-0.05, 0) is 13.3 Å². The molecule has 1 amide bonds. The summed E-state index contributed by atoms with van der Waals surface area (Å²) in [6.07, 6.45) is 2.54. The van der Waals surface area contributed by atoms with Crippen molar-refractivity contribution in [2.75, 3.05) is 6.54 Å². The Bertz CT molecular complexity index is 375. The van der Waals surface area contributed by atoms with E-state index < -0.39 is 0 Å². The molecular formula is C12H19N3O. The zero-order valence-electron chi connectivity index (χ0n) is 10.4. The Labute approximate surface area is 96.5 Å². The minimum atomic E-state index is -0.0883. The zero-order chi connectivity index (χ0) is 12.1. The van der Waals surface area contributed by atoms with E-state index in [0.717, 1.165) is 17.9 Å². The SMILES string of the molecule is CCCNC(=O)c1cnc(C(C)C)nc1C. The molecule has 0 aliphatic carbocycles. The lowest BCUT2D eigenvalue weighted by Gasteiger charge is -2.08. The summed E-state index contributed by atoms with van der Waals surface area (Å²) in [7, 11) is 0. The van der Waals surface area contributed by atoms with Gasteiger partial charge in [0.1, 0.15) is 5.82 Å². The topological polar surface area (TPSA) is 54.9 Å². The first-order chi connectivity index (χ1) is 7.56. The summed E-state index contributed by atoms with van der Waals surface area (Å²) in [5, 5.41) is 2.82. The molecule has 1 aromatic heterocycles. The van der Waals surface area contributed by atoms with Crippen LogP contribution in [0.5, 0.6) is 0 Å². The molecule has 0 aliphatic heterocycles. The number of rotatable bonds is 4. The van der Waals surface area contributed by atoms with Crippen LogP contribution in [-0.2, 0) is 0 Å². The van der Waals surface area contributed by atoms with Crippen molar-refractivity contribution >= 4 is 5.91 Å². The van der Waals surface area contributed by atoms with Gasteiger partial charge in [0.15, 0.2) is 0 Å². The van der Waals surface area contributed by atoms with E-state index in [9.17, 15) is 4.79 Å². The summed E-state index contributed by atoms with van der Waals surface area (Å²) in [5.41, 5.74) is 1.31. The number of hydrogen-bond donors (Lipinski definition) is 1. The van der Waals surface area contributed by atoms with Gasteiger partial charge in [0, 0.05) is 18.7 Å². The molecule has 4 heteroatoms. The number of aryl methyl sites for hydroxylation is 1. The van der Waals surface area contributed by atoms with Crippen molar-refractivity contribution in [1.82, 2.24) is 15.3 Å². The van der Waals surface area contributed by atoms with E-state index in [0.29, 0.717) is 12.1 Å². The van der Waals surface area contributed by atoms with Crippen LogP contribution in [0.15, 0.2) is 6.20 Å². The first-order valence-electron chi connectivity index (χ1n) is 5.68. The number of carbonyl (C=O) groups excluding carboxylic acids is 1. The second-order valence-corrected chi connectivity index (χ2v) is 4.14. The Morgan fingerprint density at radius 2 is 2.19 bits per heavy atom. The average Bonchev–Trinajstić information content (AvgIpc) is 2.25. The van der Waals surface area contributed by atoms with Crippen molar-refractivity contribution in [3.63, 3.8) is 0 Å². The van der Waals surface area contributed by atoms with Crippen molar-refractivity contribution in [2.45, 2.75) is 40.0 Å². The van der Waals surface area contributed by atoms with Crippen molar-refractivity contribution in [2.24, 2.45) is 0 Å². The lowest BCUT2D eigenvalue weighted by atomic mass is 10.1. The number of aromatic nitrogens is 2. The largest absolute Gasteiger partial charge is 0.352 e. The predicted octanol–water partition coefficient (Wildman–Crippen LogP) is 2.05. The van der Waals surface area contributed by atoms with Gasteiger partial charge in [-0.15, -0.1) is 0 Å². The summed E-state index contributed by atoms with van der Waals surface area (Å²) in [5.74, 6) is 0.977. The summed E-state index contributed by atoms with van der Waals surface area (Å²) >= 11 is 0. The zero-order valence-corrected chi connectivity index (χ0v) is 10.4. The third kappa shape index (κ3) is 3.02. The number of nitrogens with zero attached hydrogens (tertiary/aromatic N) is 2. The molecule has 0 radical (unpaired) electrons. The van der Waals surface area contributed by atoms with Gasteiger partial charge >= 0.3 is 0 Å². The highest BCUT2D eigenvalue weighted by Gasteiger charge is 2.12. The molecule has 1 rings (SSSR count). The average molecular weight is 221 g/mol. The Balaban J connectivity index is 2.86. The van der Waals surface area contributed by atoms with Gasteiger partial charge in [-0.25, -0.2) is 9.97 Å². The maximum Gasteiger partial charge on any atom is 0.254 e. The minimum absolute atomic E-state index is 0.0883. The van der Waals surface area contributed by atoms with Crippen LogP contribution in [0.2, 0.25) is 0 Å². The van der Waals surface area contributed by atoms with Gasteiger partial charge in [-0.1, -0.05) is 20.8 Å². The second-order valence-electron chi connectivity index (χ2n) is 4.14. The molecular weight excluding hydrogens is 202 g/mol. The van der Waals surface area contributed by atoms with Crippen molar-refractivity contribution in [3.8, 4) is 0 Å². The van der Waals surface area contributed by atoms with Gasteiger partial charge in [-0.2, -0.15) is 0 Å². The van der Waals surface area contributed by atoms with Crippen LogP contribution in [0.1, 0.15) is 55.0 Å². The molecule has 0 saturated heterocycles. The summed E-state index contributed by atoms with van der Waals surface area (Å²) < 4.78 is 0. The molecule has 16 heavy (non-hydrogen) atoms. The van der Waals surface area contributed by atoms with Crippen molar-refractivity contribution < 1.29 is 4.79 Å². The highest BCUT2D eigenvalue weighted by Crippen LogP contribution is 2.11. The molecule has 1 heterocycles. The molecule has 0 aromatic carbocycles. The quantitative estimate of drug-likeness (QED) is 0.846. The van der Waals surface area contributed by atoms with E-state index in [-0.39, 0.29) is 11.8 Å². The van der Waals surface area contributed by atoms with Crippen LogP contribution in [0.4, 0.5) is 0 Å². The lowest BCUT2D eigenvalue weighted by molar-refractivity contribution is 0.0952. The number of nitrogens with one attached hydrogen (secondary N) is 1. The second kappa shape index (κ2) is 5.58. The molecule has 1 aromatic rings. The maximum atomic E-state index is 11.7.